The molecule has 110 valence electrons. The number of benzene rings is 1. The van der Waals surface area contributed by atoms with Crippen molar-refractivity contribution in [2.24, 2.45) is 5.92 Å². The first-order valence-electron chi connectivity index (χ1n) is 7.56. The minimum Gasteiger partial charge on any atom is -0.399 e. The second-order valence-electron chi connectivity index (χ2n) is 5.60. The minimum absolute atomic E-state index is 0.0785. The molecular formula is C16H25N3O. The van der Waals surface area contributed by atoms with Crippen LogP contribution in [0.15, 0.2) is 18.2 Å². The molecule has 4 nitrogen and oxygen atoms in total. The average Bonchev–Trinajstić information content (AvgIpc) is 2.48. The first-order valence-corrected chi connectivity index (χ1v) is 7.56. The molecule has 0 aliphatic heterocycles. The first kappa shape index (κ1) is 14.7. The van der Waals surface area contributed by atoms with Crippen LogP contribution in [-0.2, 0) is 0 Å². The maximum absolute atomic E-state index is 11.8. The van der Waals surface area contributed by atoms with Gasteiger partial charge in [-0.15, -0.1) is 0 Å². The van der Waals surface area contributed by atoms with E-state index in [9.17, 15) is 4.79 Å². The maximum atomic E-state index is 11.8. The summed E-state index contributed by atoms with van der Waals surface area (Å²) in [5, 5.41) is 6.04. The van der Waals surface area contributed by atoms with Crippen LogP contribution >= 0.6 is 0 Å². The van der Waals surface area contributed by atoms with Crippen LogP contribution in [0.2, 0.25) is 0 Å². The van der Waals surface area contributed by atoms with E-state index in [4.69, 9.17) is 5.73 Å². The lowest BCUT2D eigenvalue weighted by atomic mass is 9.87. The lowest BCUT2D eigenvalue weighted by molar-refractivity contribution is 0.0964. The lowest BCUT2D eigenvalue weighted by Gasteiger charge is -2.22. The molecule has 0 bridgehead atoms. The van der Waals surface area contributed by atoms with Crippen LogP contribution < -0.4 is 16.4 Å². The number of carbonyl (C=O) groups excluding carboxylic acids is 1. The molecule has 4 N–H and O–H groups in total. The van der Waals surface area contributed by atoms with E-state index >= 15 is 0 Å². The Balaban J connectivity index is 1.93. The molecule has 0 unspecified atom stereocenters. The van der Waals surface area contributed by atoms with Crippen LogP contribution in [0, 0.1) is 5.92 Å². The number of hydrogen-bond acceptors (Lipinski definition) is 3. The van der Waals surface area contributed by atoms with Crippen molar-refractivity contribution in [3.8, 4) is 0 Å². The van der Waals surface area contributed by atoms with Gasteiger partial charge in [0.25, 0.3) is 5.91 Å². The number of nitrogen functional groups attached to an aromatic ring is 1. The number of nitrogens with one attached hydrogen (secondary N) is 2. The van der Waals surface area contributed by atoms with E-state index in [1.807, 2.05) is 6.07 Å². The third kappa shape index (κ3) is 3.89. The number of anilines is 2. The third-order valence-electron chi connectivity index (χ3n) is 4.11. The molecule has 0 radical (unpaired) electrons. The summed E-state index contributed by atoms with van der Waals surface area (Å²) in [5.41, 5.74) is 7.98. The Bertz CT molecular complexity index is 453. The van der Waals surface area contributed by atoms with Crippen LogP contribution in [0.5, 0.6) is 0 Å². The summed E-state index contributed by atoms with van der Waals surface area (Å²) in [5.74, 6) is 0.755. The fraction of sp³-hybridized carbons (Fsp3) is 0.562. The van der Waals surface area contributed by atoms with E-state index in [1.54, 1.807) is 19.2 Å². The highest BCUT2D eigenvalue weighted by molar-refractivity contribution is 6.00. The number of nitrogens with two attached hydrogens (primary N) is 1. The number of amides is 1. The second-order valence-corrected chi connectivity index (χ2v) is 5.60. The molecule has 1 aromatic carbocycles. The molecule has 20 heavy (non-hydrogen) atoms. The molecule has 0 aromatic heterocycles. The summed E-state index contributed by atoms with van der Waals surface area (Å²) < 4.78 is 0. The Morgan fingerprint density at radius 2 is 2.05 bits per heavy atom. The highest BCUT2D eigenvalue weighted by Crippen LogP contribution is 2.26. The van der Waals surface area contributed by atoms with Gasteiger partial charge in [0.1, 0.15) is 0 Å². The van der Waals surface area contributed by atoms with E-state index < -0.39 is 0 Å². The summed E-state index contributed by atoms with van der Waals surface area (Å²) in [7, 11) is 1.64. The van der Waals surface area contributed by atoms with Crippen molar-refractivity contribution in [1.29, 1.82) is 0 Å². The molecule has 1 aromatic rings. The molecule has 0 atom stereocenters. The van der Waals surface area contributed by atoms with E-state index in [2.05, 4.69) is 10.6 Å². The Labute approximate surface area is 121 Å². The molecular weight excluding hydrogens is 250 g/mol. The predicted octanol–water partition coefficient (Wildman–Crippen LogP) is 3.01. The molecule has 1 aliphatic rings. The smallest absolute Gasteiger partial charge is 0.253 e. The van der Waals surface area contributed by atoms with Crippen LogP contribution in [-0.4, -0.2) is 19.5 Å². The van der Waals surface area contributed by atoms with Gasteiger partial charge in [0.15, 0.2) is 0 Å². The monoisotopic (exact) mass is 275 g/mol. The summed E-state index contributed by atoms with van der Waals surface area (Å²) in [6.45, 7) is 0.901. The van der Waals surface area contributed by atoms with Crippen molar-refractivity contribution in [2.45, 2.75) is 38.5 Å². The molecule has 1 saturated carbocycles. The van der Waals surface area contributed by atoms with Gasteiger partial charge in [-0.3, -0.25) is 4.79 Å². The first-order chi connectivity index (χ1) is 9.70. The van der Waals surface area contributed by atoms with Crippen molar-refractivity contribution in [3.05, 3.63) is 23.8 Å². The average molecular weight is 275 g/mol. The third-order valence-corrected chi connectivity index (χ3v) is 4.11. The number of rotatable bonds is 5. The molecule has 1 amide bonds. The van der Waals surface area contributed by atoms with Gasteiger partial charge in [0.2, 0.25) is 0 Å². The summed E-state index contributed by atoms with van der Waals surface area (Å²) in [6, 6.07) is 5.37. The van der Waals surface area contributed by atoms with Crippen LogP contribution in [0.4, 0.5) is 11.4 Å². The molecule has 4 heteroatoms. The van der Waals surface area contributed by atoms with Gasteiger partial charge in [-0.2, -0.15) is 0 Å². The van der Waals surface area contributed by atoms with E-state index in [0.717, 1.165) is 18.2 Å². The van der Waals surface area contributed by atoms with Gasteiger partial charge < -0.3 is 16.4 Å². The fourth-order valence-electron chi connectivity index (χ4n) is 2.93. The van der Waals surface area contributed by atoms with Crippen molar-refractivity contribution in [1.82, 2.24) is 5.32 Å². The van der Waals surface area contributed by atoms with Gasteiger partial charge in [-0.05, 0) is 30.5 Å². The molecule has 1 aliphatic carbocycles. The zero-order valence-electron chi connectivity index (χ0n) is 12.2. The predicted molar refractivity (Wildman–Crippen MR) is 83.9 cm³/mol. The quantitative estimate of drug-likeness (QED) is 0.724. The number of hydrogen-bond donors (Lipinski definition) is 3. The maximum Gasteiger partial charge on any atom is 0.253 e. The second kappa shape index (κ2) is 7.17. The van der Waals surface area contributed by atoms with Crippen LogP contribution in [0.25, 0.3) is 0 Å². The Morgan fingerprint density at radius 3 is 2.75 bits per heavy atom. The Morgan fingerprint density at radius 1 is 1.30 bits per heavy atom. The van der Waals surface area contributed by atoms with E-state index in [-0.39, 0.29) is 5.91 Å². The van der Waals surface area contributed by atoms with Gasteiger partial charge >= 0.3 is 0 Å². The van der Waals surface area contributed by atoms with Crippen LogP contribution in [0.1, 0.15) is 48.9 Å². The standard InChI is InChI=1S/C16H25N3O/c1-18-16(20)14-8-7-13(17)11-15(14)19-10-9-12-5-3-2-4-6-12/h7-8,11-12,19H,2-6,9-10,17H2,1H3,(H,18,20). The van der Waals surface area contributed by atoms with E-state index in [0.29, 0.717) is 11.3 Å². The molecule has 1 fully saturated rings. The van der Waals surface area contributed by atoms with Gasteiger partial charge in [0, 0.05) is 25.0 Å². The van der Waals surface area contributed by atoms with Crippen molar-refractivity contribution in [3.63, 3.8) is 0 Å². The zero-order chi connectivity index (χ0) is 14.4. The molecule has 0 spiro atoms. The topological polar surface area (TPSA) is 67.2 Å². The SMILES string of the molecule is CNC(=O)c1ccc(N)cc1NCCC1CCCCC1. The molecule has 0 saturated heterocycles. The van der Waals surface area contributed by atoms with Crippen molar-refractivity contribution < 1.29 is 4.79 Å². The van der Waals surface area contributed by atoms with Gasteiger partial charge in [-0.25, -0.2) is 0 Å². The normalized spacial score (nSPS) is 15.8. The highest BCUT2D eigenvalue weighted by Gasteiger charge is 2.14. The van der Waals surface area contributed by atoms with Crippen molar-refractivity contribution >= 4 is 17.3 Å². The van der Waals surface area contributed by atoms with Crippen LogP contribution in [0.3, 0.4) is 0 Å². The summed E-state index contributed by atoms with van der Waals surface area (Å²) in [6.07, 6.45) is 7.99. The highest BCUT2D eigenvalue weighted by atomic mass is 16.1. The zero-order valence-corrected chi connectivity index (χ0v) is 12.2. The van der Waals surface area contributed by atoms with E-state index in [1.165, 1.54) is 38.5 Å². The Kier molecular flexibility index (Phi) is 5.27. The lowest BCUT2D eigenvalue weighted by Crippen LogP contribution is -2.20. The van der Waals surface area contributed by atoms with Crippen molar-refractivity contribution in [2.75, 3.05) is 24.6 Å². The Hall–Kier alpha value is -1.71. The molecule has 2 rings (SSSR count). The van der Waals surface area contributed by atoms with Gasteiger partial charge in [0.05, 0.1) is 5.56 Å². The molecule has 0 heterocycles. The summed E-state index contributed by atoms with van der Waals surface area (Å²) >= 11 is 0. The fourth-order valence-corrected chi connectivity index (χ4v) is 2.93. The minimum atomic E-state index is -0.0785. The van der Waals surface area contributed by atoms with Gasteiger partial charge in [-0.1, -0.05) is 32.1 Å². The largest absolute Gasteiger partial charge is 0.399 e. The summed E-state index contributed by atoms with van der Waals surface area (Å²) in [4.78, 5) is 11.8. The number of carbonyl (C=O) groups is 1.